The van der Waals surface area contributed by atoms with Gasteiger partial charge in [0.15, 0.2) is 0 Å². The van der Waals surface area contributed by atoms with Gasteiger partial charge in [-0.1, -0.05) is 22.0 Å². The van der Waals surface area contributed by atoms with Crippen molar-refractivity contribution in [3.05, 3.63) is 34.4 Å². The van der Waals surface area contributed by atoms with Gasteiger partial charge in [0.05, 0.1) is 0 Å². The number of hydrogen-bond acceptors (Lipinski definition) is 1. The van der Waals surface area contributed by atoms with E-state index in [2.05, 4.69) is 58.7 Å². The molecule has 0 unspecified atom stereocenters. The van der Waals surface area contributed by atoms with Crippen LogP contribution in [0.15, 0.2) is 28.9 Å². The fourth-order valence-corrected chi connectivity index (χ4v) is 2.56. The first kappa shape index (κ1) is 12.7. The maximum Gasteiger partial charge on any atom is 0.0496 e. The smallest absolute Gasteiger partial charge is 0.0496 e. The Kier molecular flexibility index (Phi) is 3.89. The van der Waals surface area contributed by atoms with Crippen molar-refractivity contribution in [2.75, 3.05) is 6.54 Å². The van der Waals surface area contributed by atoms with Crippen LogP contribution in [0.1, 0.15) is 31.9 Å². The zero-order valence-electron chi connectivity index (χ0n) is 10.4. The summed E-state index contributed by atoms with van der Waals surface area (Å²) in [7, 11) is 0. The summed E-state index contributed by atoms with van der Waals surface area (Å²) < 4.78 is 3.47. The molecule has 1 aromatic carbocycles. The second-order valence-electron chi connectivity index (χ2n) is 4.71. The molecule has 0 spiro atoms. The van der Waals surface area contributed by atoms with Gasteiger partial charge in [-0.05, 0) is 50.9 Å². The Morgan fingerprint density at radius 1 is 1.35 bits per heavy atom. The van der Waals surface area contributed by atoms with Gasteiger partial charge in [-0.25, -0.2) is 0 Å². The molecule has 2 nitrogen and oxygen atoms in total. The van der Waals surface area contributed by atoms with Crippen molar-refractivity contribution in [1.82, 2.24) is 4.57 Å². The van der Waals surface area contributed by atoms with Gasteiger partial charge in [-0.15, -0.1) is 0 Å². The first-order chi connectivity index (χ1) is 8.13. The maximum atomic E-state index is 5.60. The minimum Gasteiger partial charge on any atom is -0.345 e. The van der Waals surface area contributed by atoms with E-state index in [-0.39, 0.29) is 0 Å². The van der Waals surface area contributed by atoms with Crippen LogP contribution in [0, 0.1) is 0 Å². The number of hydrogen-bond donors (Lipinski definition) is 1. The van der Waals surface area contributed by atoms with Gasteiger partial charge >= 0.3 is 0 Å². The molecule has 3 heteroatoms. The molecule has 1 aromatic heterocycles. The van der Waals surface area contributed by atoms with Crippen LogP contribution >= 0.6 is 15.9 Å². The minimum absolute atomic E-state index is 0.485. The van der Waals surface area contributed by atoms with E-state index >= 15 is 0 Å². The average Bonchev–Trinajstić information content (AvgIpc) is 2.64. The molecule has 0 aliphatic rings. The molecule has 2 rings (SSSR count). The van der Waals surface area contributed by atoms with E-state index in [1.807, 2.05) is 0 Å². The lowest BCUT2D eigenvalue weighted by Gasteiger charge is -2.08. The molecule has 2 N–H and O–H groups in total. The lowest BCUT2D eigenvalue weighted by atomic mass is 10.1. The molecule has 1 heterocycles. The van der Waals surface area contributed by atoms with E-state index in [1.165, 1.54) is 16.5 Å². The first-order valence-corrected chi connectivity index (χ1v) is 6.92. The Morgan fingerprint density at radius 3 is 2.76 bits per heavy atom. The molecule has 0 bridgehead atoms. The number of nitrogens with zero attached hydrogens (tertiary/aromatic N) is 1. The third kappa shape index (κ3) is 2.55. The number of benzene rings is 1. The molecule has 0 saturated carbocycles. The van der Waals surface area contributed by atoms with Crippen molar-refractivity contribution in [2.24, 2.45) is 5.73 Å². The van der Waals surface area contributed by atoms with Crippen LogP contribution in [0.4, 0.5) is 0 Å². The lowest BCUT2D eigenvalue weighted by Crippen LogP contribution is -2.00. The van der Waals surface area contributed by atoms with Crippen LogP contribution in [0.25, 0.3) is 10.9 Å². The van der Waals surface area contributed by atoms with Crippen molar-refractivity contribution >= 4 is 26.8 Å². The topological polar surface area (TPSA) is 30.9 Å². The number of fused-ring (bicyclic) bond motifs is 1. The average molecular weight is 295 g/mol. The predicted octanol–water partition coefficient (Wildman–Crippen LogP) is 3.88. The van der Waals surface area contributed by atoms with Crippen LogP contribution < -0.4 is 5.73 Å². The van der Waals surface area contributed by atoms with Gasteiger partial charge in [0.25, 0.3) is 0 Å². The van der Waals surface area contributed by atoms with Crippen LogP contribution in [0.2, 0.25) is 0 Å². The Morgan fingerprint density at radius 2 is 2.12 bits per heavy atom. The number of rotatable bonds is 4. The van der Waals surface area contributed by atoms with E-state index in [0.29, 0.717) is 6.04 Å². The summed E-state index contributed by atoms with van der Waals surface area (Å²) in [5, 5.41) is 1.36. The van der Waals surface area contributed by atoms with Crippen molar-refractivity contribution in [2.45, 2.75) is 32.7 Å². The van der Waals surface area contributed by atoms with Gasteiger partial charge in [0.1, 0.15) is 0 Å². The van der Waals surface area contributed by atoms with Crippen molar-refractivity contribution in [3.8, 4) is 0 Å². The summed E-state index contributed by atoms with van der Waals surface area (Å²) in [5.41, 5.74) is 8.31. The van der Waals surface area contributed by atoms with Crippen molar-refractivity contribution < 1.29 is 0 Å². The zero-order valence-corrected chi connectivity index (χ0v) is 12.0. The highest BCUT2D eigenvalue weighted by Gasteiger charge is 2.10. The fourth-order valence-electron chi connectivity index (χ4n) is 2.22. The predicted molar refractivity (Wildman–Crippen MR) is 77.4 cm³/mol. The number of aromatic nitrogens is 1. The summed E-state index contributed by atoms with van der Waals surface area (Å²) in [6.45, 7) is 5.19. The highest BCUT2D eigenvalue weighted by atomic mass is 79.9. The number of nitrogens with two attached hydrogens (primary N) is 1. The number of aryl methyl sites for hydroxylation is 1. The second kappa shape index (κ2) is 5.23. The molecule has 92 valence electrons. The normalized spacial score (nSPS) is 11.6. The van der Waals surface area contributed by atoms with Crippen LogP contribution in [0.5, 0.6) is 0 Å². The standard InChI is InChI=1S/C14H19BrN2/c1-10(2)17-9-11(4-3-7-16)13-6-5-12(15)8-14(13)17/h5-6,8-10H,3-4,7,16H2,1-2H3. The van der Waals surface area contributed by atoms with Gasteiger partial charge in [0, 0.05) is 27.6 Å². The molecule has 0 amide bonds. The molecule has 17 heavy (non-hydrogen) atoms. The highest BCUT2D eigenvalue weighted by molar-refractivity contribution is 9.10. The van der Waals surface area contributed by atoms with E-state index in [1.54, 1.807) is 0 Å². The SMILES string of the molecule is CC(C)n1cc(CCCN)c2ccc(Br)cc21. The lowest BCUT2D eigenvalue weighted by molar-refractivity contribution is 0.620. The van der Waals surface area contributed by atoms with Crippen molar-refractivity contribution in [3.63, 3.8) is 0 Å². The van der Waals surface area contributed by atoms with E-state index in [4.69, 9.17) is 5.73 Å². The minimum atomic E-state index is 0.485. The third-order valence-electron chi connectivity index (χ3n) is 3.09. The van der Waals surface area contributed by atoms with Crippen molar-refractivity contribution in [1.29, 1.82) is 0 Å². The quantitative estimate of drug-likeness (QED) is 0.912. The highest BCUT2D eigenvalue weighted by Crippen LogP contribution is 2.28. The number of halogens is 1. The van der Waals surface area contributed by atoms with Crippen LogP contribution in [0.3, 0.4) is 0 Å². The maximum absolute atomic E-state index is 5.60. The molecule has 0 atom stereocenters. The largest absolute Gasteiger partial charge is 0.345 e. The van der Waals surface area contributed by atoms with Gasteiger partial charge in [-0.2, -0.15) is 0 Å². The Bertz CT molecular complexity index is 514. The molecule has 0 aliphatic heterocycles. The monoisotopic (exact) mass is 294 g/mol. The molecule has 0 saturated heterocycles. The van der Waals surface area contributed by atoms with E-state index in [9.17, 15) is 0 Å². The second-order valence-corrected chi connectivity index (χ2v) is 5.62. The van der Waals surface area contributed by atoms with Crippen LogP contribution in [-0.2, 0) is 6.42 Å². The summed E-state index contributed by atoms with van der Waals surface area (Å²) >= 11 is 3.54. The summed E-state index contributed by atoms with van der Waals surface area (Å²) in [6.07, 6.45) is 4.39. The van der Waals surface area contributed by atoms with Gasteiger partial charge in [-0.3, -0.25) is 0 Å². The zero-order chi connectivity index (χ0) is 12.4. The van der Waals surface area contributed by atoms with Gasteiger partial charge in [0.2, 0.25) is 0 Å². The Hall–Kier alpha value is -0.800. The van der Waals surface area contributed by atoms with E-state index in [0.717, 1.165) is 23.9 Å². The fraction of sp³-hybridized carbons (Fsp3) is 0.429. The molecular formula is C14H19BrN2. The summed E-state index contributed by atoms with van der Waals surface area (Å²) in [4.78, 5) is 0. The van der Waals surface area contributed by atoms with Gasteiger partial charge < -0.3 is 10.3 Å². The molecule has 0 radical (unpaired) electrons. The molecular weight excluding hydrogens is 276 g/mol. The summed E-state index contributed by atoms with van der Waals surface area (Å²) in [6, 6.07) is 6.99. The third-order valence-corrected chi connectivity index (χ3v) is 3.58. The molecule has 2 aromatic rings. The summed E-state index contributed by atoms with van der Waals surface area (Å²) in [5.74, 6) is 0. The molecule has 0 aliphatic carbocycles. The Labute approximate surface area is 111 Å². The van der Waals surface area contributed by atoms with E-state index < -0.39 is 0 Å². The Balaban J connectivity index is 2.54. The molecule has 0 fully saturated rings. The van der Waals surface area contributed by atoms with Crippen LogP contribution in [-0.4, -0.2) is 11.1 Å². The first-order valence-electron chi connectivity index (χ1n) is 6.12.